The Balaban J connectivity index is 2.03. The van der Waals surface area contributed by atoms with E-state index < -0.39 is 10.0 Å². The number of nitrogen functional groups attached to an aromatic ring is 1. The molecule has 1 aromatic rings. The van der Waals surface area contributed by atoms with Gasteiger partial charge in [-0.2, -0.15) is 0 Å². The van der Waals surface area contributed by atoms with Crippen molar-refractivity contribution < 1.29 is 8.42 Å². The number of hydrazine groups is 1. The summed E-state index contributed by atoms with van der Waals surface area (Å²) in [4.78, 5) is 4.05. The van der Waals surface area contributed by atoms with Gasteiger partial charge in [0.15, 0.2) is 0 Å². The zero-order chi connectivity index (χ0) is 13.2. The van der Waals surface area contributed by atoms with Crippen LogP contribution in [0.3, 0.4) is 0 Å². The second-order valence-electron chi connectivity index (χ2n) is 4.72. The zero-order valence-corrected chi connectivity index (χ0v) is 11.1. The van der Waals surface area contributed by atoms with Crippen LogP contribution in [-0.4, -0.2) is 19.4 Å². The minimum atomic E-state index is -3.48. The number of hydrogen-bond donors (Lipinski definition) is 3. The summed E-state index contributed by atoms with van der Waals surface area (Å²) in [6, 6.07) is 2.96. The summed E-state index contributed by atoms with van der Waals surface area (Å²) < 4.78 is 26.7. The van der Waals surface area contributed by atoms with Crippen LogP contribution in [0.25, 0.3) is 0 Å². The Hall–Kier alpha value is -1.18. The first-order valence-electron chi connectivity index (χ1n) is 5.96. The average molecular weight is 270 g/mol. The molecule has 0 amide bonds. The molecular formula is C11H18N4O2S. The fraction of sp³-hybridized carbons (Fsp3) is 0.545. The molecule has 2 rings (SSSR count). The summed E-state index contributed by atoms with van der Waals surface area (Å²) in [5, 5.41) is 0. The molecule has 0 saturated heterocycles. The largest absolute Gasteiger partial charge is 0.308 e. The van der Waals surface area contributed by atoms with Gasteiger partial charge in [0.05, 0.1) is 0 Å². The van der Waals surface area contributed by atoms with Crippen molar-refractivity contribution in [3.8, 4) is 0 Å². The van der Waals surface area contributed by atoms with Crippen LogP contribution in [0.15, 0.2) is 23.2 Å². The van der Waals surface area contributed by atoms with Crippen LogP contribution < -0.4 is 16.0 Å². The normalized spacial score (nSPS) is 17.4. The Morgan fingerprint density at radius 3 is 2.72 bits per heavy atom. The van der Waals surface area contributed by atoms with E-state index in [9.17, 15) is 8.42 Å². The molecule has 1 aromatic heterocycles. The first-order valence-corrected chi connectivity index (χ1v) is 7.44. The molecule has 0 spiro atoms. The second kappa shape index (κ2) is 5.21. The van der Waals surface area contributed by atoms with Gasteiger partial charge in [-0.05, 0) is 31.4 Å². The molecule has 0 aromatic carbocycles. The van der Waals surface area contributed by atoms with E-state index in [0.29, 0.717) is 11.7 Å². The Kier molecular flexibility index (Phi) is 3.84. The van der Waals surface area contributed by atoms with E-state index in [4.69, 9.17) is 5.84 Å². The molecule has 1 unspecified atom stereocenters. The Bertz CT molecular complexity index is 496. The Labute approximate surface area is 107 Å². The van der Waals surface area contributed by atoms with Crippen molar-refractivity contribution in [2.24, 2.45) is 11.8 Å². The highest BCUT2D eigenvalue weighted by atomic mass is 32.2. The number of anilines is 1. The van der Waals surface area contributed by atoms with Crippen molar-refractivity contribution in [1.29, 1.82) is 0 Å². The fourth-order valence-corrected chi connectivity index (χ4v) is 3.06. The van der Waals surface area contributed by atoms with Crippen LogP contribution in [0.4, 0.5) is 5.82 Å². The van der Waals surface area contributed by atoms with Gasteiger partial charge in [0.1, 0.15) is 10.7 Å². The van der Waals surface area contributed by atoms with Crippen molar-refractivity contribution in [3.63, 3.8) is 0 Å². The maximum absolute atomic E-state index is 12.0. The third-order valence-electron chi connectivity index (χ3n) is 2.93. The molecule has 0 radical (unpaired) electrons. The summed E-state index contributed by atoms with van der Waals surface area (Å²) in [6.45, 7) is 1.89. The summed E-state index contributed by atoms with van der Waals surface area (Å²) >= 11 is 0. The van der Waals surface area contributed by atoms with Gasteiger partial charge in [-0.1, -0.05) is 12.8 Å². The molecule has 100 valence electrons. The lowest BCUT2D eigenvalue weighted by molar-refractivity contribution is 0.529. The molecule has 0 bridgehead atoms. The van der Waals surface area contributed by atoms with Gasteiger partial charge in [-0.25, -0.2) is 24.0 Å². The van der Waals surface area contributed by atoms with E-state index in [1.165, 1.54) is 31.2 Å². The molecule has 1 atom stereocenters. The molecule has 7 heteroatoms. The maximum Gasteiger partial charge on any atom is 0.242 e. The summed E-state index contributed by atoms with van der Waals surface area (Å²) in [5.74, 6) is 6.29. The second-order valence-corrected chi connectivity index (χ2v) is 6.44. The predicted molar refractivity (Wildman–Crippen MR) is 69.2 cm³/mol. The van der Waals surface area contributed by atoms with Gasteiger partial charge in [0.25, 0.3) is 0 Å². The number of pyridine rings is 1. The molecular weight excluding hydrogens is 252 g/mol. The van der Waals surface area contributed by atoms with Crippen molar-refractivity contribution in [2.75, 3.05) is 5.43 Å². The molecule has 0 aliphatic heterocycles. The third kappa shape index (κ3) is 3.41. The summed E-state index contributed by atoms with van der Waals surface area (Å²) in [5.41, 5.74) is 2.35. The summed E-state index contributed by atoms with van der Waals surface area (Å²) in [7, 11) is -3.48. The standard InChI is InChI=1S/C11H18N4O2S/c1-8(6-9-2-3-9)15-18(16,17)10-4-5-11(14-12)13-7-10/h4-5,7-9,15H,2-3,6,12H2,1H3,(H,13,14). The average Bonchev–Trinajstić information content (AvgIpc) is 3.12. The smallest absolute Gasteiger partial charge is 0.242 e. The van der Waals surface area contributed by atoms with E-state index >= 15 is 0 Å². The molecule has 1 saturated carbocycles. The zero-order valence-electron chi connectivity index (χ0n) is 10.3. The number of sulfonamides is 1. The minimum Gasteiger partial charge on any atom is -0.308 e. The number of aromatic nitrogens is 1. The van der Waals surface area contributed by atoms with E-state index in [0.717, 1.165) is 6.42 Å². The third-order valence-corrected chi connectivity index (χ3v) is 4.51. The van der Waals surface area contributed by atoms with Gasteiger partial charge < -0.3 is 5.43 Å². The van der Waals surface area contributed by atoms with Crippen LogP contribution in [-0.2, 0) is 10.0 Å². The van der Waals surface area contributed by atoms with E-state index in [1.807, 2.05) is 6.92 Å². The van der Waals surface area contributed by atoms with Gasteiger partial charge in [-0.3, -0.25) is 0 Å². The van der Waals surface area contributed by atoms with Gasteiger partial charge in [0.2, 0.25) is 10.0 Å². The fourth-order valence-electron chi connectivity index (χ4n) is 1.86. The van der Waals surface area contributed by atoms with Crippen LogP contribution in [0.5, 0.6) is 0 Å². The summed E-state index contributed by atoms with van der Waals surface area (Å²) in [6.07, 6.45) is 4.62. The van der Waals surface area contributed by atoms with Crippen LogP contribution >= 0.6 is 0 Å². The number of nitrogens with two attached hydrogens (primary N) is 1. The van der Waals surface area contributed by atoms with Crippen LogP contribution in [0, 0.1) is 5.92 Å². The molecule has 1 fully saturated rings. The van der Waals surface area contributed by atoms with Crippen LogP contribution in [0.2, 0.25) is 0 Å². The first kappa shape index (κ1) is 13.3. The first-order chi connectivity index (χ1) is 8.51. The minimum absolute atomic E-state index is 0.0465. The maximum atomic E-state index is 12.0. The highest BCUT2D eigenvalue weighted by Crippen LogP contribution is 2.33. The monoisotopic (exact) mass is 270 g/mol. The van der Waals surface area contributed by atoms with E-state index in [2.05, 4.69) is 15.1 Å². The number of hydrogen-bond acceptors (Lipinski definition) is 5. The van der Waals surface area contributed by atoms with Crippen LogP contribution in [0.1, 0.15) is 26.2 Å². The lowest BCUT2D eigenvalue weighted by atomic mass is 10.2. The number of nitrogens with zero attached hydrogens (tertiary/aromatic N) is 1. The Morgan fingerprint density at radius 2 is 2.22 bits per heavy atom. The van der Waals surface area contributed by atoms with Crippen molar-refractivity contribution in [1.82, 2.24) is 9.71 Å². The van der Waals surface area contributed by atoms with Gasteiger partial charge in [-0.15, -0.1) is 0 Å². The quantitative estimate of drug-likeness (QED) is 0.525. The molecule has 4 N–H and O–H groups in total. The Morgan fingerprint density at radius 1 is 1.50 bits per heavy atom. The van der Waals surface area contributed by atoms with Crippen molar-refractivity contribution >= 4 is 15.8 Å². The van der Waals surface area contributed by atoms with Crippen molar-refractivity contribution in [3.05, 3.63) is 18.3 Å². The molecule has 1 heterocycles. The van der Waals surface area contributed by atoms with Crippen molar-refractivity contribution in [2.45, 2.75) is 37.1 Å². The lowest BCUT2D eigenvalue weighted by Gasteiger charge is -2.13. The topological polar surface area (TPSA) is 97.1 Å². The molecule has 18 heavy (non-hydrogen) atoms. The molecule has 6 nitrogen and oxygen atoms in total. The SMILES string of the molecule is CC(CC1CC1)NS(=O)(=O)c1ccc(NN)nc1. The van der Waals surface area contributed by atoms with E-state index in [1.54, 1.807) is 0 Å². The number of rotatable bonds is 6. The number of nitrogens with one attached hydrogen (secondary N) is 2. The van der Waals surface area contributed by atoms with E-state index in [-0.39, 0.29) is 10.9 Å². The highest BCUT2D eigenvalue weighted by Gasteiger charge is 2.26. The predicted octanol–water partition coefficient (Wildman–Crippen LogP) is 0.834. The lowest BCUT2D eigenvalue weighted by Crippen LogP contribution is -2.33. The van der Waals surface area contributed by atoms with Gasteiger partial charge in [0, 0.05) is 12.2 Å². The highest BCUT2D eigenvalue weighted by molar-refractivity contribution is 7.89. The molecule has 1 aliphatic rings. The van der Waals surface area contributed by atoms with Gasteiger partial charge >= 0.3 is 0 Å². The molecule has 1 aliphatic carbocycles.